The molecule has 0 unspecified atom stereocenters. The molecule has 0 amide bonds. The summed E-state index contributed by atoms with van der Waals surface area (Å²) in [5, 5.41) is 19.1. The lowest BCUT2D eigenvalue weighted by molar-refractivity contribution is 0.306. The largest absolute Gasteiger partial charge is 0.489 e. The fourth-order valence-corrected chi connectivity index (χ4v) is 2.07. The molecule has 0 fully saturated rings. The van der Waals surface area contributed by atoms with Crippen LogP contribution in [0.1, 0.15) is 5.56 Å². The maximum atomic E-state index is 8.98. The van der Waals surface area contributed by atoms with Gasteiger partial charge in [-0.05, 0) is 29.7 Å². The summed E-state index contributed by atoms with van der Waals surface area (Å²) in [6.45, 7) is 0.250. The van der Waals surface area contributed by atoms with Crippen LogP contribution in [0.25, 0.3) is 0 Å². The highest BCUT2D eigenvalue weighted by Gasteiger charge is 2.10. The molecule has 0 aliphatic carbocycles. The Kier molecular flexibility index (Phi) is 4.72. The van der Waals surface area contributed by atoms with E-state index < -0.39 is 7.12 Å². The van der Waals surface area contributed by atoms with Crippen LogP contribution < -0.4 is 10.2 Å². The summed E-state index contributed by atoms with van der Waals surface area (Å²) in [7, 11) is -1.48. The molecule has 0 atom stereocenters. The second-order valence-corrected chi connectivity index (χ2v) is 4.75. The molecule has 0 aliphatic heterocycles. The van der Waals surface area contributed by atoms with Crippen molar-refractivity contribution < 1.29 is 14.8 Å². The summed E-state index contributed by atoms with van der Waals surface area (Å²) in [4.78, 5) is 0. The lowest BCUT2D eigenvalue weighted by atomic mass is 9.80. The molecule has 3 nitrogen and oxygen atoms in total. The number of hydrogen-bond acceptors (Lipinski definition) is 3. The minimum absolute atomic E-state index is 0.250. The van der Waals surface area contributed by atoms with Crippen molar-refractivity contribution in [3.63, 3.8) is 0 Å². The Hall–Kier alpha value is -1.20. The predicted molar refractivity (Wildman–Crippen MR) is 77.1 cm³/mol. The van der Waals surface area contributed by atoms with Gasteiger partial charge in [-0.1, -0.05) is 41.4 Å². The monoisotopic (exact) mass is 296 g/mol. The topological polar surface area (TPSA) is 49.7 Å². The summed E-state index contributed by atoms with van der Waals surface area (Å²) in [5.74, 6) is 0.598. The average Bonchev–Trinajstić information content (AvgIpc) is 2.38. The molecule has 0 aliphatic rings. The molecule has 2 aromatic rings. The molecule has 2 aromatic carbocycles. The van der Waals surface area contributed by atoms with E-state index in [2.05, 4.69) is 0 Å². The summed E-state index contributed by atoms with van der Waals surface area (Å²) in [6, 6.07) is 11.7. The Morgan fingerprint density at radius 3 is 2.05 bits per heavy atom. The molecule has 2 N–H and O–H groups in total. The number of rotatable bonds is 4. The quantitative estimate of drug-likeness (QED) is 0.851. The van der Waals surface area contributed by atoms with E-state index in [9.17, 15) is 0 Å². The van der Waals surface area contributed by atoms with Crippen molar-refractivity contribution in [1.82, 2.24) is 0 Å². The first-order valence-electron chi connectivity index (χ1n) is 5.59. The standard InChI is InChI=1S/C13H11BCl2O3/c15-12-2-1-3-13(16)11(12)8-19-10-6-4-9(5-7-10)14(17)18/h1-7,17-18H,8H2. The molecule has 2 rings (SSSR count). The van der Waals surface area contributed by atoms with E-state index in [4.69, 9.17) is 38.0 Å². The SMILES string of the molecule is OB(O)c1ccc(OCc2c(Cl)cccc2Cl)cc1. The average molecular weight is 297 g/mol. The van der Waals surface area contributed by atoms with Crippen molar-refractivity contribution in [2.24, 2.45) is 0 Å². The van der Waals surface area contributed by atoms with Crippen molar-refractivity contribution in [2.75, 3.05) is 0 Å². The minimum atomic E-state index is -1.48. The van der Waals surface area contributed by atoms with Gasteiger partial charge in [0.15, 0.2) is 0 Å². The highest BCUT2D eigenvalue weighted by atomic mass is 35.5. The first kappa shape index (κ1) is 14.2. The van der Waals surface area contributed by atoms with E-state index in [1.807, 2.05) is 0 Å². The second-order valence-electron chi connectivity index (χ2n) is 3.93. The summed E-state index contributed by atoms with van der Waals surface area (Å²) >= 11 is 12.1. The van der Waals surface area contributed by atoms with Gasteiger partial charge in [0.1, 0.15) is 12.4 Å². The van der Waals surface area contributed by atoms with E-state index >= 15 is 0 Å². The van der Waals surface area contributed by atoms with Crippen LogP contribution in [0, 0.1) is 0 Å². The van der Waals surface area contributed by atoms with Gasteiger partial charge in [-0.3, -0.25) is 0 Å². The van der Waals surface area contributed by atoms with Gasteiger partial charge in [-0.25, -0.2) is 0 Å². The summed E-state index contributed by atoms with van der Waals surface area (Å²) < 4.78 is 5.56. The molecule has 0 radical (unpaired) electrons. The van der Waals surface area contributed by atoms with Crippen LogP contribution in [-0.4, -0.2) is 17.2 Å². The number of halogens is 2. The lowest BCUT2D eigenvalue weighted by Gasteiger charge is -2.10. The van der Waals surface area contributed by atoms with Gasteiger partial charge in [-0.2, -0.15) is 0 Å². The second kappa shape index (κ2) is 6.30. The van der Waals surface area contributed by atoms with Crippen molar-refractivity contribution in [1.29, 1.82) is 0 Å². The van der Waals surface area contributed by atoms with Gasteiger partial charge in [0, 0.05) is 15.6 Å². The molecule has 0 heterocycles. The molecule has 19 heavy (non-hydrogen) atoms. The predicted octanol–water partition coefficient (Wildman–Crippen LogP) is 2.25. The molecular weight excluding hydrogens is 286 g/mol. The zero-order valence-electron chi connectivity index (χ0n) is 9.88. The van der Waals surface area contributed by atoms with Crippen molar-refractivity contribution in [2.45, 2.75) is 6.61 Å². The molecule has 98 valence electrons. The number of benzene rings is 2. The molecule has 0 saturated carbocycles. The Labute approximate surface area is 121 Å². The molecule has 0 saturated heterocycles. The fourth-order valence-electron chi connectivity index (χ4n) is 1.56. The Balaban J connectivity index is 2.06. The minimum Gasteiger partial charge on any atom is -0.489 e. The van der Waals surface area contributed by atoms with E-state index in [1.165, 1.54) is 0 Å². The van der Waals surface area contributed by atoms with Crippen molar-refractivity contribution in [3.05, 3.63) is 58.1 Å². The number of hydrogen-bond donors (Lipinski definition) is 2. The van der Waals surface area contributed by atoms with Gasteiger partial charge in [0.25, 0.3) is 0 Å². The zero-order valence-corrected chi connectivity index (χ0v) is 11.4. The smallest absolute Gasteiger partial charge is 0.488 e. The first-order chi connectivity index (χ1) is 9.08. The molecule has 0 bridgehead atoms. The van der Waals surface area contributed by atoms with E-state index in [-0.39, 0.29) is 6.61 Å². The first-order valence-corrected chi connectivity index (χ1v) is 6.35. The Morgan fingerprint density at radius 1 is 0.947 bits per heavy atom. The van der Waals surface area contributed by atoms with Crippen LogP contribution >= 0.6 is 23.2 Å². The van der Waals surface area contributed by atoms with Crippen LogP contribution in [0.4, 0.5) is 0 Å². The normalized spacial score (nSPS) is 10.3. The van der Waals surface area contributed by atoms with Crippen molar-refractivity contribution in [3.8, 4) is 5.75 Å². The van der Waals surface area contributed by atoms with Crippen LogP contribution in [0.2, 0.25) is 10.0 Å². The van der Waals surface area contributed by atoms with Gasteiger partial charge in [0.2, 0.25) is 0 Å². The highest BCUT2D eigenvalue weighted by molar-refractivity contribution is 6.58. The summed E-state index contributed by atoms with van der Waals surface area (Å²) in [5.41, 5.74) is 1.13. The third-order valence-electron chi connectivity index (χ3n) is 2.62. The molecule has 0 aromatic heterocycles. The van der Waals surface area contributed by atoms with Crippen LogP contribution in [0.15, 0.2) is 42.5 Å². The van der Waals surface area contributed by atoms with E-state index in [1.54, 1.807) is 42.5 Å². The van der Waals surface area contributed by atoms with Gasteiger partial charge >= 0.3 is 7.12 Å². The van der Waals surface area contributed by atoms with E-state index in [0.29, 0.717) is 21.3 Å². The lowest BCUT2D eigenvalue weighted by Crippen LogP contribution is -2.29. The molecular formula is C13H11BCl2O3. The maximum absolute atomic E-state index is 8.98. The zero-order chi connectivity index (χ0) is 13.8. The van der Waals surface area contributed by atoms with E-state index in [0.717, 1.165) is 5.56 Å². The number of ether oxygens (including phenoxy) is 1. The Bertz CT molecular complexity index is 538. The Morgan fingerprint density at radius 2 is 1.53 bits per heavy atom. The maximum Gasteiger partial charge on any atom is 0.488 e. The van der Waals surface area contributed by atoms with Crippen LogP contribution in [-0.2, 0) is 6.61 Å². The van der Waals surface area contributed by atoms with Crippen LogP contribution in [0.3, 0.4) is 0 Å². The molecule has 6 heteroatoms. The molecule has 0 spiro atoms. The highest BCUT2D eigenvalue weighted by Crippen LogP contribution is 2.25. The third-order valence-corrected chi connectivity index (χ3v) is 3.33. The van der Waals surface area contributed by atoms with Crippen LogP contribution in [0.5, 0.6) is 5.75 Å². The van der Waals surface area contributed by atoms with Gasteiger partial charge in [-0.15, -0.1) is 0 Å². The fraction of sp³-hybridized carbons (Fsp3) is 0.0769. The third kappa shape index (κ3) is 3.64. The van der Waals surface area contributed by atoms with Crippen molar-refractivity contribution >= 4 is 35.8 Å². The summed E-state index contributed by atoms with van der Waals surface area (Å²) in [6.07, 6.45) is 0. The van der Waals surface area contributed by atoms with Gasteiger partial charge < -0.3 is 14.8 Å². The van der Waals surface area contributed by atoms with Gasteiger partial charge in [0.05, 0.1) is 0 Å².